The van der Waals surface area contributed by atoms with Crippen molar-refractivity contribution in [3.8, 4) is 5.82 Å². The average molecular weight is 494 g/mol. The summed E-state index contributed by atoms with van der Waals surface area (Å²) in [5.74, 6) is -3.35. The molecule has 0 saturated carbocycles. The number of benzene rings is 1. The summed E-state index contributed by atoms with van der Waals surface area (Å²) >= 11 is 0. The highest BCUT2D eigenvalue weighted by atomic mass is 19.4. The molecule has 4 rings (SSSR count). The largest absolute Gasteiger partial charge is 0.419 e. The van der Waals surface area contributed by atoms with Crippen molar-refractivity contribution in [3.63, 3.8) is 0 Å². The van der Waals surface area contributed by atoms with Gasteiger partial charge in [-0.1, -0.05) is 12.1 Å². The van der Waals surface area contributed by atoms with Crippen LogP contribution in [0.2, 0.25) is 0 Å². The molecule has 3 aromatic rings. The van der Waals surface area contributed by atoms with Gasteiger partial charge >= 0.3 is 6.18 Å². The first-order valence-electron chi connectivity index (χ1n) is 10.4. The summed E-state index contributed by atoms with van der Waals surface area (Å²) in [4.78, 5) is 33.8. The molecular formula is C22H19F5N6O2. The highest BCUT2D eigenvalue weighted by Crippen LogP contribution is 2.32. The van der Waals surface area contributed by atoms with Crippen LogP contribution in [0.25, 0.3) is 5.82 Å². The Morgan fingerprint density at radius 3 is 2.71 bits per heavy atom. The van der Waals surface area contributed by atoms with Crippen molar-refractivity contribution in [1.82, 2.24) is 24.8 Å². The number of anilines is 1. The molecule has 3 heterocycles. The second kappa shape index (κ2) is 9.78. The lowest BCUT2D eigenvalue weighted by Crippen LogP contribution is -2.47. The third-order valence-electron chi connectivity index (χ3n) is 5.22. The third-order valence-corrected chi connectivity index (χ3v) is 5.22. The van der Waals surface area contributed by atoms with Crippen LogP contribution in [-0.4, -0.2) is 50.9 Å². The van der Waals surface area contributed by atoms with E-state index in [1.807, 2.05) is 4.90 Å². The van der Waals surface area contributed by atoms with E-state index in [9.17, 15) is 31.5 Å². The summed E-state index contributed by atoms with van der Waals surface area (Å²) in [5, 5.41) is 5.02. The van der Waals surface area contributed by atoms with Crippen LogP contribution in [0.15, 0.2) is 43.0 Å². The molecule has 0 spiro atoms. The topological polar surface area (TPSA) is 92.2 Å². The fourth-order valence-electron chi connectivity index (χ4n) is 3.62. The van der Waals surface area contributed by atoms with E-state index < -0.39 is 41.3 Å². The first-order valence-corrected chi connectivity index (χ1v) is 10.4. The molecule has 0 atom stereocenters. The highest BCUT2D eigenvalue weighted by Gasteiger charge is 2.35. The summed E-state index contributed by atoms with van der Waals surface area (Å²) < 4.78 is 68.7. The fraction of sp³-hybridized carbons (Fsp3) is 0.273. The molecule has 1 fully saturated rings. The Morgan fingerprint density at radius 1 is 1.20 bits per heavy atom. The van der Waals surface area contributed by atoms with Gasteiger partial charge in [0, 0.05) is 31.9 Å². The van der Waals surface area contributed by atoms with Gasteiger partial charge < -0.3 is 10.6 Å². The molecule has 1 aliphatic rings. The number of halogens is 5. The number of carbonyl (C=O) groups is 2. The number of nitrogens with zero attached hydrogens (tertiary/aromatic N) is 4. The molecule has 8 nitrogen and oxygen atoms in total. The third kappa shape index (κ3) is 5.80. The summed E-state index contributed by atoms with van der Waals surface area (Å²) in [6.45, 7) is 1.81. The number of nitrogens with one attached hydrogen (secondary N) is 2. The minimum atomic E-state index is -4.89. The van der Waals surface area contributed by atoms with E-state index in [-0.39, 0.29) is 24.0 Å². The minimum absolute atomic E-state index is 0.0525. The maximum atomic E-state index is 14.7. The number of pyridine rings is 1. The summed E-state index contributed by atoms with van der Waals surface area (Å²) in [5.41, 5.74) is -1.37. The Labute approximate surface area is 195 Å². The normalized spacial score (nSPS) is 14.6. The standard InChI is InChI=1S/C22H19F5N6O2/c23-17-7-14(31-18(34)6-13-2-1-3-16(20(13)24)22(25,26)27)8-29-21(17)33-10-15(30-12-33)9-32-5-4-28-19(35)11-32/h1-3,7-8,10,12H,4-6,9,11H2,(H,28,35)(H,31,34). The Bertz CT molecular complexity index is 1260. The maximum absolute atomic E-state index is 14.7. The summed E-state index contributed by atoms with van der Waals surface area (Å²) in [6.07, 6.45) is -1.49. The lowest BCUT2D eigenvalue weighted by molar-refractivity contribution is -0.140. The molecule has 0 radical (unpaired) electrons. The van der Waals surface area contributed by atoms with Crippen LogP contribution in [0.1, 0.15) is 16.8 Å². The van der Waals surface area contributed by atoms with Crippen LogP contribution < -0.4 is 10.6 Å². The van der Waals surface area contributed by atoms with Crippen LogP contribution in [0.4, 0.5) is 27.6 Å². The van der Waals surface area contributed by atoms with Gasteiger partial charge in [0.05, 0.1) is 36.1 Å². The van der Waals surface area contributed by atoms with Gasteiger partial charge in [0.1, 0.15) is 12.1 Å². The lowest BCUT2D eigenvalue weighted by Gasteiger charge is -2.25. The zero-order valence-corrected chi connectivity index (χ0v) is 18.1. The van der Waals surface area contributed by atoms with Gasteiger partial charge in [0.25, 0.3) is 0 Å². The Balaban J connectivity index is 1.41. The van der Waals surface area contributed by atoms with E-state index in [0.717, 1.165) is 24.4 Å². The molecular weight excluding hydrogens is 475 g/mol. The van der Waals surface area contributed by atoms with Crippen molar-refractivity contribution in [2.45, 2.75) is 19.1 Å². The van der Waals surface area contributed by atoms with E-state index >= 15 is 0 Å². The predicted octanol–water partition coefficient (Wildman–Crippen LogP) is 2.68. The summed E-state index contributed by atoms with van der Waals surface area (Å²) in [6, 6.07) is 3.64. The number of rotatable bonds is 6. The minimum Gasteiger partial charge on any atom is -0.354 e. The zero-order chi connectivity index (χ0) is 25.2. The number of alkyl halides is 3. The van der Waals surface area contributed by atoms with Gasteiger partial charge in [-0.05, 0) is 11.6 Å². The van der Waals surface area contributed by atoms with Crippen molar-refractivity contribution in [2.75, 3.05) is 25.0 Å². The van der Waals surface area contributed by atoms with Crippen LogP contribution in [0.5, 0.6) is 0 Å². The maximum Gasteiger partial charge on any atom is 0.419 e. The van der Waals surface area contributed by atoms with Crippen molar-refractivity contribution in [1.29, 1.82) is 0 Å². The van der Waals surface area contributed by atoms with Gasteiger partial charge in [-0.25, -0.2) is 18.7 Å². The van der Waals surface area contributed by atoms with E-state index in [0.29, 0.717) is 31.4 Å². The zero-order valence-electron chi connectivity index (χ0n) is 18.1. The van der Waals surface area contributed by atoms with Gasteiger partial charge in [-0.15, -0.1) is 0 Å². The molecule has 2 amide bonds. The molecule has 35 heavy (non-hydrogen) atoms. The number of aromatic nitrogens is 3. The molecule has 1 saturated heterocycles. The van der Waals surface area contributed by atoms with Crippen LogP contribution in [-0.2, 0) is 28.7 Å². The van der Waals surface area contributed by atoms with E-state index in [2.05, 4.69) is 20.6 Å². The predicted molar refractivity (Wildman–Crippen MR) is 113 cm³/mol. The number of carbonyl (C=O) groups excluding carboxylic acids is 2. The smallest absolute Gasteiger partial charge is 0.354 e. The highest BCUT2D eigenvalue weighted by molar-refractivity contribution is 5.92. The van der Waals surface area contributed by atoms with Crippen LogP contribution in [0, 0.1) is 11.6 Å². The lowest BCUT2D eigenvalue weighted by atomic mass is 10.1. The molecule has 0 unspecified atom stereocenters. The molecule has 0 bridgehead atoms. The summed E-state index contributed by atoms with van der Waals surface area (Å²) in [7, 11) is 0. The molecule has 184 valence electrons. The van der Waals surface area contributed by atoms with E-state index in [1.165, 1.54) is 10.9 Å². The second-order valence-electron chi connectivity index (χ2n) is 7.86. The van der Waals surface area contributed by atoms with E-state index in [1.54, 1.807) is 6.20 Å². The Morgan fingerprint density at radius 2 is 2.00 bits per heavy atom. The van der Waals surface area contributed by atoms with Crippen molar-refractivity contribution < 1.29 is 31.5 Å². The Hall–Kier alpha value is -3.87. The van der Waals surface area contributed by atoms with Crippen molar-refractivity contribution >= 4 is 17.5 Å². The van der Waals surface area contributed by atoms with Gasteiger partial charge in [0.2, 0.25) is 11.8 Å². The Kier molecular flexibility index (Phi) is 6.78. The monoisotopic (exact) mass is 494 g/mol. The number of piperazine rings is 1. The number of imidazole rings is 1. The number of amides is 2. The molecule has 1 aromatic carbocycles. The van der Waals surface area contributed by atoms with Gasteiger partial charge in [-0.3, -0.25) is 19.1 Å². The SMILES string of the molecule is O=C1CN(Cc2cn(-c3ncc(NC(=O)Cc4cccc(C(F)(F)F)c4F)cc3F)cn2)CCN1. The molecule has 0 aliphatic carbocycles. The van der Waals surface area contributed by atoms with Gasteiger partial charge in [0.15, 0.2) is 11.6 Å². The van der Waals surface area contributed by atoms with Gasteiger partial charge in [-0.2, -0.15) is 13.2 Å². The fourth-order valence-corrected chi connectivity index (χ4v) is 3.62. The van der Waals surface area contributed by atoms with Crippen LogP contribution in [0.3, 0.4) is 0 Å². The first kappa shape index (κ1) is 24.3. The molecule has 2 N–H and O–H groups in total. The molecule has 13 heteroatoms. The first-order chi connectivity index (χ1) is 16.6. The number of hydrogen-bond acceptors (Lipinski definition) is 5. The van der Waals surface area contributed by atoms with E-state index in [4.69, 9.17) is 0 Å². The molecule has 1 aliphatic heterocycles. The van der Waals surface area contributed by atoms with Crippen molar-refractivity contribution in [2.24, 2.45) is 0 Å². The quantitative estimate of drug-likeness (QED) is 0.515. The average Bonchev–Trinajstić information content (AvgIpc) is 3.22. The van der Waals surface area contributed by atoms with Crippen molar-refractivity contribution in [3.05, 3.63) is 71.4 Å². The number of hydrogen-bond donors (Lipinski definition) is 2. The van der Waals surface area contributed by atoms with Crippen LogP contribution >= 0.6 is 0 Å². The molecule has 2 aromatic heterocycles. The second-order valence-corrected chi connectivity index (χ2v) is 7.86.